The molecule has 1 aromatic rings. The maximum Gasteiger partial charge on any atom is 0.208 e. The maximum absolute atomic E-state index is 5.69. The fourth-order valence-corrected chi connectivity index (χ4v) is 2.90. The average molecular weight is 266 g/mol. The minimum Gasteiger partial charge on any atom is -0.444 e. The number of ether oxygens (including phenoxy) is 2. The zero-order chi connectivity index (χ0) is 13.2. The Bertz CT molecular complexity index is 407. The molecule has 2 aliphatic rings. The molecule has 2 saturated heterocycles. The van der Waals surface area contributed by atoms with Crippen molar-refractivity contribution in [3.8, 4) is 0 Å². The quantitative estimate of drug-likeness (QED) is 0.837. The lowest BCUT2D eigenvalue weighted by Gasteiger charge is -2.37. The van der Waals surface area contributed by atoms with E-state index in [0.717, 1.165) is 36.9 Å². The third kappa shape index (κ3) is 2.83. The van der Waals surface area contributed by atoms with Gasteiger partial charge in [0.05, 0.1) is 31.5 Å². The first kappa shape index (κ1) is 13.1. The molecule has 5 nitrogen and oxygen atoms in total. The normalized spacial score (nSPS) is 26.1. The average Bonchev–Trinajstić information content (AvgIpc) is 3.02. The predicted molar refractivity (Wildman–Crippen MR) is 69.7 cm³/mol. The summed E-state index contributed by atoms with van der Waals surface area (Å²) in [7, 11) is 0. The van der Waals surface area contributed by atoms with Crippen LogP contribution in [0.15, 0.2) is 4.42 Å². The molecule has 0 radical (unpaired) electrons. The summed E-state index contributed by atoms with van der Waals surface area (Å²) in [6.07, 6.45) is 3.52. The van der Waals surface area contributed by atoms with Gasteiger partial charge in [-0.05, 0) is 33.2 Å². The van der Waals surface area contributed by atoms with Crippen LogP contribution in [-0.4, -0.2) is 42.0 Å². The molecule has 0 aromatic carbocycles. The van der Waals surface area contributed by atoms with Crippen molar-refractivity contribution in [3.05, 3.63) is 17.3 Å². The van der Waals surface area contributed by atoms with Crippen LogP contribution >= 0.6 is 0 Å². The third-order valence-corrected chi connectivity index (χ3v) is 4.04. The van der Waals surface area contributed by atoms with Gasteiger partial charge in [-0.15, -0.1) is 0 Å². The molecule has 106 valence electrons. The molecule has 0 saturated carbocycles. The van der Waals surface area contributed by atoms with Crippen LogP contribution in [0.2, 0.25) is 0 Å². The summed E-state index contributed by atoms with van der Waals surface area (Å²) in [4.78, 5) is 6.87. The zero-order valence-electron chi connectivity index (χ0n) is 11.7. The molecule has 2 aliphatic heterocycles. The van der Waals surface area contributed by atoms with E-state index in [1.165, 1.54) is 12.8 Å². The van der Waals surface area contributed by atoms with E-state index in [-0.39, 0.29) is 6.29 Å². The Morgan fingerprint density at radius 2 is 2.00 bits per heavy atom. The molecule has 3 heterocycles. The van der Waals surface area contributed by atoms with Crippen LogP contribution in [0, 0.1) is 13.8 Å². The molecule has 0 amide bonds. The lowest BCUT2D eigenvalue weighted by molar-refractivity contribution is -0.112. The molecular weight excluding hydrogens is 244 g/mol. The molecule has 0 spiro atoms. The maximum atomic E-state index is 5.69. The highest BCUT2D eigenvalue weighted by atomic mass is 16.7. The van der Waals surface area contributed by atoms with Crippen LogP contribution in [0.5, 0.6) is 0 Å². The Morgan fingerprint density at radius 3 is 2.68 bits per heavy atom. The van der Waals surface area contributed by atoms with E-state index in [2.05, 4.69) is 9.88 Å². The lowest BCUT2D eigenvalue weighted by Crippen LogP contribution is -2.46. The van der Waals surface area contributed by atoms with Crippen molar-refractivity contribution in [3.63, 3.8) is 0 Å². The van der Waals surface area contributed by atoms with Crippen molar-refractivity contribution in [1.29, 1.82) is 0 Å². The minimum atomic E-state index is -0.0718. The monoisotopic (exact) mass is 266 g/mol. The highest BCUT2D eigenvalue weighted by molar-refractivity contribution is 5.05. The Labute approximate surface area is 113 Å². The molecule has 0 N–H and O–H groups in total. The minimum absolute atomic E-state index is 0.0718. The molecule has 1 unspecified atom stereocenters. The number of rotatable bonds is 3. The number of hydrogen-bond donors (Lipinski definition) is 0. The van der Waals surface area contributed by atoms with Gasteiger partial charge in [-0.2, -0.15) is 0 Å². The van der Waals surface area contributed by atoms with Gasteiger partial charge in [-0.1, -0.05) is 6.42 Å². The SMILES string of the molecule is Cc1nc(CN2CCCCC2C2OCCO2)oc1C. The van der Waals surface area contributed by atoms with E-state index < -0.39 is 0 Å². The van der Waals surface area contributed by atoms with Gasteiger partial charge in [-0.25, -0.2) is 4.98 Å². The molecule has 0 bridgehead atoms. The first-order valence-electron chi connectivity index (χ1n) is 7.14. The van der Waals surface area contributed by atoms with Crippen molar-refractivity contribution < 1.29 is 13.9 Å². The fourth-order valence-electron chi connectivity index (χ4n) is 2.90. The van der Waals surface area contributed by atoms with Gasteiger partial charge < -0.3 is 13.9 Å². The first-order valence-corrected chi connectivity index (χ1v) is 7.14. The Balaban J connectivity index is 1.69. The molecule has 0 aliphatic carbocycles. The topological polar surface area (TPSA) is 47.7 Å². The highest BCUT2D eigenvalue weighted by Crippen LogP contribution is 2.26. The molecular formula is C14H22N2O3. The van der Waals surface area contributed by atoms with Gasteiger partial charge in [0.25, 0.3) is 0 Å². The van der Waals surface area contributed by atoms with Gasteiger partial charge in [0.2, 0.25) is 5.89 Å². The number of hydrogen-bond acceptors (Lipinski definition) is 5. The Morgan fingerprint density at radius 1 is 1.21 bits per heavy atom. The summed E-state index contributed by atoms with van der Waals surface area (Å²) in [5, 5.41) is 0. The van der Waals surface area contributed by atoms with E-state index in [4.69, 9.17) is 13.9 Å². The van der Waals surface area contributed by atoms with Gasteiger partial charge in [0.15, 0.2) is 6.29 Å². The lowest BCUT2D eigenvalue weighted by atomic mass is 10.0. The summed E-state index contributed by atoms with van der Waals surface area (Å²) in [5.74, 6) is 1.72. The van der Waals surface area contributed by atoms with E-state index in [1.807, 2.05) is 13.8 Å². The number of oxazole rings is 1. The van der Waals surface area contributed by atoms with Crippen molar-refractivity contribution >= 4 is 0 Å². The van der Waals surface area contributed by atoms with Crippen molar-refractivity contribution in [2.24, 2.45) is 0 Å². The first-order chi connectivity index (χ1) is 9.24. The number of likely N-dealkylation sites (tertiary alicyclic amines) is 1. The molecule has 5 heteroatoms. The molecule has 3 rings (SSSR count). The predicted octanol–water partition coefficient (Wildman–Crippen LogP) is 2.02. The van der Waals surface area contributed by atoms with E-state index in [1.54, 1.807) is 0 Å². The van der Waals surface area contributed by atoms with E-state index in [0.29, 0.717) is 19.3 Å². The van der Waals surface area contributed by atoms with Gasteiger partial charge >= 0.3 is 0 Å². The van der Waals surface area contributed by atoms with Gasteiger partial charge in [-0.3, -0.25) is 4.90 Å². The number of piperidine rings is 1. The smallest absolute Gasteiger partial charge is 0.208 e. The van der Waals surface area contributed by atoms with Crippen LogP contribution in [0.4, 0.5) is 0 Å². The Kier molecular flexibility index (Phi) is 3.86. The summed E-state index contributed by atoms with van der Waals surface area (Å²) in [6.45, 7) is 7.19. The Hall–Kier alpha value is -0.910. The van der Waals surface area contributed by atoms with Crippen LogP contribution in [-0.2, 0) is 16.0 Å². The fraction of sp³-hybridized carbons (Fsp3) is 0.786. The van der Waals surface area contributed by atoms with Crippen LogP contribution < -0.4 is 0 Å². The number of nitrogens with zero attached hydrogens (tertiary/aromatic N) is 2. The van der Waals surface area contributed by atoms with Crippen LogP contribution in [0.3, 0.4) is 0 Å². The molecule has 1 aromatic heterocycles. The number of aryl methyl sites for hydroxylation is 2. The van der Waals surface area contributed by atoms with Crippen LogP contribution in [0.1, 0.15) is 36.6 Å². The van der Waals surface area contributed by atoms with E-state index in [9.17, 15) is 0 Å². The molecule has 2 fully saturated rings. The van der Waals surface area contributed by atoms with Crippen LogP contribution in [0.25, 0.3) is 0 Å². The third-order valence-electron chi connectivity index (χ3n) is 4.04. The summed E-state index contributed by atoms with van der Waals surface area (Å²) < 4.78 is 17.0. The standard InChI is InChI=1S/C14H22N2O3/c1-10-11(2)19-13(15-10)9-16-6-4-3-5-12(16)14-17-7-8-18-14/h12,14H,3-9H2,1-2H3. The summed E-state index contributed by atoms with van der Waals surface area (Å²) >= 11 is 0. The van der Waals surface area contributed by atoms with Gasteiger partial charge in [0, 0.05) is 0 Å². The summed E-state index contributed by atoms with van der Waals surface area (Å²) in [6, 6.07) is 0.337. The van der Waals surface area contributed by atoms with Crippen molar-refractivity contribution in [2.75, 3.05) is 19.8 Å². The second kappa shape index (κ2) is 5.61. The van der Waals surface area contributed by atoms with Gasteiger partial charge in [0.1, 0.15) is 5.76 Å². The summed E-state index contributed by atoms with van der Waals surface area (Å²) in [5.41, 5.74) is 0.983. The largest absolute Gasteiger partial charge is 0.444 e. The second-order valence-electron chi connectivity index (χ2n) is 5.39. The zero-order valence-corrected chi connectivity index (χ0v) is 11.7. The van der Waals surface area contributed by atoms with Crippen molar-refractivity contribution in [2.45, 2.75) is 52.0 Å². The van der Waals surface area contributed by atoms with E-state index >= 15 is 0 Å². The second-order valence-corrected chi connectivity index (χ2v) is 5.39. The molecule has 1 atom stereocenters. The van der Waals surface area contributed by atoms with Crippen molar-refractivity contribution in [1.82, 2.24) is 9.88 Å². The number of aromatic nitrogens is 1. The molecule has 19 heavy (non-hydrogen) atoms. The highest BCUT2D eigenvalue weighted by Gasteiger charge is 2.34.